The van der Waals surface area contributed by atoms with Gasteiger partial charge >= 0.3 is 0 Å². The van der Waals surface area contributed by atoms with Crippen LogP contribution in [0.5, 0.6) is 0 Å². The SMILES string of the molecule is C[C@@H]1B(C(=O)[C@@H](N)C23CCC(CC2)C3)[C@H](C#N)C[C@@H]1C. The lowest BCUT2D eigenvalue weighted by Crippen LogP contribution is -2.52. The summed E-state index contributed by atoms with van der Waals surface area (Å²) < 4.78 is 0. The minimum Gasteiger partial charge on any atom is -0.322 e. The lowest BCUT2D eigenvalue weighted by atomic mass is 9.33. The van der Waals surface area contributed by atoms with Crippen molar-refractivity contribution in [2.45, 2.75) is 70.0 Å². The quantitative estimate of drug-likeness (QED) is 0.803. The second-order valence-corrected chi connectivity index (χ2v) is 7.72. The number of carbonyl (C=O) groups excluding carboxylic acids is 1. The molecule has 2 bridgehead atoms. The molecule has 3 aliphatic rings. The van der Waals surface area contributed by atoms with Crippen LogP contribution in [-0.2, 0) is 4.79 Å². The molecule has 2 N–H and O–H groups in total. The molecule has 0 spiro atoms. The molecule has 3 rings (SSSR count). The summed E-state index contributed by atoms with van der Waals surface area (Å²) in [7, 11) is 0. The average Bonchev–Trinajstić information content (AvgIpc) is 3.12. The van der Waals surface area contributed by atoms with Gasteiger partial charge in [0.1, 0.15) is 5.68 Å². The zero-order chi connectivity index (χ0) is 14.5. The van der Waals surface area contributed by atoms with E-state index in [1.54, 1.807) is 0 Å². The molecule has 3 fully saturated rings. The van der Waals surface area contributed by atoms with E-state index in [1.807, 2.05) is 0 Å². The standard InChI is InChI=1S/C16H25BN2O/c1-10-7-13(9-18)17(11(10)2)15(20)14(19)16-5-3-12(8-16)4-6-16/h10-14H,3-8,19H2,1-2H3/t10-,11-,12?,13-,14+,16?/m0/s1. The van der Waals surface area contributed by atoms with Crippen molar-refractivity contribution in [2.75, 3.05) is 0 Å². The van der Waals surface area contributed by atoms with Crippen molar-refractivity contribution in [1.29, 1.82) is 5.26 Å². The van der Waals surface area contributed by atoms with Crippen molar-refractivity contribution in [3.8, 4) is 6.07 Å². The topological polar surface area (TPSA) is 66.9 Å². The Kier molecular flexibility index (Phi) is 3.45. The van der Waals surface area contributed by atoms with Gasteiger partial charge in [-0.1, -0.05) is 19.7 Å². The molecule has 20 heavy (non-hydrogen) atoms. The number of nitrogens with zero attached hydrogens (tertiary/aromatic N) is 1. The molecule has 108 valence electrons. The van der Waals surface area contributed by atoms with Gasteiger partial charge in [-0.3, -0.25) is 0 Å². The minimum atomic E-state index is -0.330. The number of nitriles is 1. The smallest absolute Gasteiger partial charge is 0.246 e. The van der Waals surface area contributed by atoms with Crippen molar-refractivity contribution in [1.82, 2.24) is 0 Å². The number of hydrogen-bond donors (Lipinski definition) is 1. The monoisotopic (exact) mass is 272 g/mol. The Morgan fingerprint density at radius 2 is 2.05 bits per heavy atom. The molecule has 3 nitrogen and oxygen atoms in total. The molecular formula is C16H25BN2O. The molecule has 0 aromatic carbocycles. The van der Waals surface area contributed by atoms with Gasteiger partial charge in [0.25, 0.3) is 0 Å². The highest BCUT2D eigenvalue weighted by Crippen LogP contribution is 2.56. The molecule has 0 aromatic heterocycles. The number of fused-ring (bicyclic) bond motifs is 2. The summed E-state index contributed by atoms with van der Waals surface area (Å²) in [4.78, 5) is 13.0. The van der Waals surface area contributed by atoms with Gasteiger partial charge in [0.05, 0.1) is 12.1 Å². The predicted molar refractivity (Wildman–Crippen MR) is 80.3 cm³/mol. The van der Waals surface area contributed by atoms with Crippen LogP contribution < -0.4 is 5.73 Å². The summed E-state index contributed by atoms with van der Waals surface area (Å²) in [5, 5.41) is 9.35. The van der Waals surface area contributed by atoms with E-state index in [9.17, 15) is 10.1 Å². The molecule has 2 aliphatic carbocycles. The molecule has 0 unspecified atom stereocenters. The molecule has 0 radical (unpaired) electrons. The molecule has 4 heteroatoms. The maximum Gasteiger partial charge on any atom is 0.246 e. The highest BCUT2D eigenvalue weighted by Gasteiger charge is 2.55. The molecule has 0 amide bonds. The second-order valence-electron chi connectivity index (χ2n) is 7.72. The summed E-state index contributed by atoms with van der Waals surface area (Å²) in [6.45, 7) is 4.16. The summed E-state index contributed by atoms with van der Waals surface area (Å²) in [5.74, 6) is 1.44. The third kappa shape index (κ3) is 1.94. The van der Waals surface area contributed by atoms with Crippen molar-refractivity contribution in [2.24, 2.45) is 23.0 Å². The largest absolute Gasteiger partial charge is 0.322 e. The summed E-state index contributed by atoms with van der Waals surface area (Å²) >= 11 is 0. The zero-order valence-corrected chi connectivity index (χ0v) is 12.6. The third-order valence-corrected chi connectivity index (χ3v) is 6.78. The van der Waals surface area contributed by atoms with E-state index < -0.39 is 0 Å². The van der Waals surface area contributed by atoms with E-state index in [2.05, 4.69) is 19.9 Å². The first-order valence-corrected chi connectivity index (χ1v) is 8.17. The average molecular weight is 272 g/mol. The number of nitrogens with two attached hydrogens (primary N) is 1. The fraction of sp³-hybridized carbons (Fsp3) is 0.875. The van der Waals surface area contributed by atoms with E-state index >= 15 is 0 Å². The first-order chi connectivity index (χ1) is 9.48. The van der Waals surface area contributed by atoms with Crippen LogP contribution in [0.1, 0.15) is 52.4 Å². The summed E-state index contributed by atoms with van der Waals surface area (Å²) in [6.07, 6.45) is 6.75. The molecular weight excluding hydrogens is 247 g/mol. The molecule has 2 saturated carbocycles. The number of rotatable bonds is 3. The Balaban J connectivity index is 1.80. The highest BCUT2D eigenvalue weighted by molar-refractivity contribution is 6.93. The van der Waals surface area contributed by atoms with Gasteiger partial charge in [-0.05, 0) is 55.8 Å². The van der Waals surface area contributed by atoms with Crippen LogP contribution in [0.15, 0.2) is 0 Å². The Morgan fingerprint density at radius 1 is 1.40 bits per heavy atom. The van der Waals surface area contributed by atoms with Gasteiger partial charge in [-0.25, -0.2) is 0 Å². The van der Waals surface area contributed by atoms with Gasteiger partial charge in [0.2, 0.25) is 6.71 Å². The first-order valence-electron chi connectivity index (χ1n) is 8.17. The van der Waals surface area contributed by atoms with E-state index in [0.717, 1.165) is 31.6 Å². The van der Waals surface area contributed by atoms with E-state index in [4.69, 9.17) is 5.73 Å². The molecule has 1 saturated heterocycles. The van der Waals surface area contributed by atoms with E-state index in [-0.39, 0.29) is 29.7 Å². The maximum absolute atomic E-state index is 13.0. The second kappa shape index (κ2) is 4.88. The lowest BCUT2D eigenvalue weighted by molar-refractivity contribution is -0.116. The van der Waals surface area contributed by atoms with Crippen molar-refractivity contribution < 1.29 is 4.79 Å². The normalized spacial score (nSPS) is 44.6. The number of hydrogen-bond acceptors (Lipinski definition) is 3. The van der Waals surface area contributed by atoms with Gasteiger partial charge in [0, 0.05) is 5.82 Å². The Hall–Kier alpha value is -0.815. The first kappa shape index (κ1) is 14.1. The lowest BCUT2D eigenvalue weighted by Gasteiger charge is -2.34. The summed E-state index contributed by atoms with van der Waals surface area (Å²) in [6, 6.07) is 2.04. The van der Waals surface area contributed by atoms with Crippen LogP contribution in [0.4, 0.5) is 0 Å². The molecule has 0 aromatic rings. The molecule has 1 aliphatic heterocycles. The van der Waals surface area contributed by atoms with Crippen LogP contribution in [0, 0.1) is 28.6 Å². The fourth-order valence-electron chi connectivity index (χ4n) is 5.26. The van der Waals surface area contributed by atoms with E-state index in [1.165, 1.54) is 12.8 Å². The van der Waals surface area contributed by atoms with Gasteiger partial charge in [-0.15, -0.1) is 0 Å². The number of carbonyl (C=O) groups is 1. The van der Waals surface area contributed by atoms with Gasteiger partial charge in [0.15, 0.2) is 0 Å². The van der Waals surface area contributed by atoms with Crippen molar-refractivity contribution in [3.05, 3.63) is 0 Å². The zero-order valence-electron chi connectivity index (χ0n) is 12.6. The third-order valence-electron chi connectivity index (χ3n) is 6.78. The Bertz CT molecular complexity index is 450. The van der Waals surface area contributed by atoms with Crippen LogP contribution in [0.25, 0.3) is 0 Å². The predicted octanol–water partition coefficient (Wildman–Crippen LogP) is 2.82. The fourth-order valence-corrected chi connectivity index (χ4v) is 5.26. The maximum atomic E-state index is 13.0. The van der Waals surface area contributed by atoms with Crippen molar-refractivity contribution in [3.63, 3.8) is 0 Å². The highest BCUT2D eigenvalue weighted by atomic mass is 16.1. The van der Waals surface area contributed by atoms with Crippen LogP contribution >= 0.6 is 0 Å². The van der Waals surface area contributed by atoms with Crippen LogP contribution in [0.2, 0.25) is 11.6 Å². The minimum absolute atomic E-state index is 0.0767. The van der Waals surface area contributed by atoms with Gasteiger partial charge in [-0.2, -0.15) is 5.26 Å². The Labute approximate surface area is 122 Å². The van der Waals surface area contributed by atoms with Crippen molar-refractivity contribution >= 4 is 12.4 Å². The van der Waals surface area contributed by atoms with Crippen LogP contribution in [0.3, 0.4) is 0 Å². The van der Waals surface area contributed by atoms with Crippen LogP contribution in [-0.4, -0.2) is 18.4 Å². The van der Waals surface area contributed by atoms with E-state index in [0.29, 0.717) is 11.7 Å². The molecule has 4 atom stereocenters. The molecule has 1 heterocycles. The Morgan fingerprint density at radius 3 is 2.55 bits per heavy atom. The summed E-state index contributed by atoms with van der Waals surface area (Å²) in [5.41, 5.74) is 6.71. The van der Waals surface area contributed by atoms with Gasteiger partial charge < -0.3 is 10.5 Å².